The van der Waals surface area contributed by atoms with Crippen LogP contribution in [0.15, 0.2) is 48.8 Å². The molecule has 0 saturated heterocycles. The molecule has 146 valence electrons. The van der Waals surface area contributed by atoms with Crippen molar-refractivity contribution in [1.29, 1.82) is 0 Å². The number of fused-ring (bicyclic) bond motifs is 1. The Hall–Kier alpha value is -2.64. The Morgan fingerprint density at radius 1 is 1.18 bits per heavy atom. The minimum absolute atomic E-state index is 0.429. The molecule has 3 aromatic rings. The Morgan fingerprint density at radius 3 is 2.71 bits per heavy atom. The van der Waals surface area contributed by atoms with Gasteiger partial charge in [0.05, 0.1) is 12.5 Å². The maximum Gasteiger partial charge on any atom is 0.211 e. The minimum Gasteiger partial charge on any atom is -0.355 e. The summed E-state index contributed by atoms with van der Waals surface area (Å²) in [6.07, 6.45) is 5.85. The molecule has 0 atom stereocenters. The molecule has 0 spiro atoms. The fraction of sp³-hybridized carbons (Fsp3) is 0.286. The van der Waals surface area contributed by atoms with Gasteiger partial charge < -0.3 is 5.32 Å². The van der Waals surface area contributed by atoms with Crippen molar-refractivity contribution in [2.45, 2.75) is 19.9 Å². The minimum atomic E-state index is -3.17. The van der Waals surface area contributed by atoms with Gasteiger partial charge in [-0.2, -0.15) is 9.40 Å². The lowest BCUT2D eigenvalue weighted by Gasteiger charge is -2.28. The van der Waals surface area contributed by atoms with E-state index >= 15 is 0 Å². The van der Waals surface area contributed by atoms with Gasteiger partial charge in [-0.1, -0.05) is 18.2 Å². The van der Waals surface area contributed by atoms with Gasteiger partial charge in [0.25, 0.3) is 0 Å². The van der Waals surface area contributed by atoms with Crippen molar-refractivity contribution in [2.24, 2.45) is 7.05 Å². The molecule has 0 bridgehead atoms. The zero-order valence-corrected chi connectivity index (χ0v) is 17.1. The largest absolute Gasteiger partial charge is 0.355 e. The summed E-state index contributed by atoms with van der Waals surface area (Å²) in [5, 5.41) is 7.81. The first-order chi connectivity index (χ1) is 13.3. The summed E-state index contributed by atoms with van der Waals surface area (Å²) < 4.78 is 27.1. The molecular weight excluding hydrogens is 372 g/mol. The Bertz CT molecular complexity index is 1140. The molecule has 1 aliphatic heterocycles. The smallest absolute Gasteiger partial charge is 0.211 e. The Balaban J connectivity index is 1.64. The SMILES string of the molecule is Cc1ccc(Nc2cccc3c2CCN(S(C)(=O)=O)C3)cc1-c1cnn(C)c1. The number of sulfonamides is 1. The zero-order chi connectivity index (χ0) is 19.9. The average Bonchev–Trinajstić information content (AvgIpc) is 3.08. The van der Waals surface area contributed by atoms with E-state index in [1.54, 1.807) is 4.68 Å². The van der Waals surface area contributed by atoms with Gasteiger partial charge in [-0.3, -0.25) is 4.68 Å². The molecule has 1 N–H and O–H groups in total. The van der Waals surface area contributed by atoms with Gasteiger partial charge in [0.2, 0.25) is 10.0 Å². The molecule has 0 saturated carbocycles. The average molecular weight is 397 g/mol. The van der Waals surface area contributed by atoms with Gasteiger partial charge in [-0.05, 0) is 53.8 Å². The summed E-state index contributed by atoms with van der Waals surface area (Å²) in [7, 11) is -1.26. The number of nitrogens with zero attached hydrogens (tertiary/aromatic N) is 3. The fourth-order valence-corrected chi connectivity index (χ4v) is 4.51. The molecule has 2 aromatic carbocycles. The monoisotopic (exact) mass is 396 g/mol. The van der Waals surface area contributed by atoms with E-state index in [9.17, 15) is 8.42 Å². The highest BCUT2D eigenvalue weighted by Crippen LogP contribution is 2.32. The van der Waals surface area contributed by atoms with Crippen LogP contribution in [0.2, 0.25) is 0 Å². The maximum atomic E-state index is 11.9. The normalized spacial score (nSPS) is 14.7. The predicted molar refractivity (Wildman–Crippen MR) is 112 cm³/mol. The van der Waals surface area contributed by atoms with Crippen LogP contribution in [0.3, 0.4) is 0 Å². The van der Waals surface area contributed by atoms with Crippen molar-refractivity contribution < 1.29 is 8.42 Å². The van der Waals surface area contributed by atoms with Crippen LogP contribution in [-0.4, -0.2) is 35.3 Å². The third-order valence-corrected chi connectivity index (χ3v) is 6.48. The molecular formula is C21H24N4O2S. The summed E-state index contributed by atoms with van der Waals surface area (Å²) in [5.41, 5.74) is 7.70. The number of anilines is 2. The molecule has 0 amide bonds. The number of nitrogens with one attached hydrogen (secondary N) is 1. The molecule has 0 aliphatic carbocycles. The van der Waals surface area contributed by atoms with Gasteiger partial charge >= 0.3 is 0 Å². The van der Waals surface area contributed by atoms with E-state index in [1.807, 2.05) is 31.6 Å². The lowest BCUT2D eigenvalue weighted by Crippen LogP contribution is -2.35. The first-order valence-electron chi connectivity index (χ1n) is 9.24. The topological polar surface area (TPSA) is 67.2 Å². The van der Waals surface area contributed by atoms with Crippen molar-refractivity contribution >= 4 is 21.4 Å². The summed E-state index contributed by atoms with van der Waals surface area (Å²) in [5.74, 6) is 0. The highest BCUT2D eigenvalue weighted by Gasteiger charge is 2.24. The van der Waals surface area contributed by atoms with Crippen LogP contribution in [0.25, 0.3) is 11.1 Å². The van der Waals surface area contributed by atoms with E-state index in [0.717, 1.165) is 28.1 Å². The number of hydrogen-bond acceptors (Lipinski definition) is 4. The molecule has 2 heterocycles. The highest BCUT2D eigenvalue weighted by atomic mass is 32.2. The van der Waals surface area contributed by atoms with Crippen LogP contribution in [0.1, 0.15) is 16.7 Å². The van der Waals surface area contributed by atoms with Crippen molar-refractivity contribution in [3.8, 4) is 11.1 Å². The van der Waals surface area contributed by atoms with Gasteiger partial charge in [0.15, 0.2) is 0 Å². The third kappa shape index (κ3) is 3.68. The Labute approximate surface area is 165 Å². The van der Waals surface area contributed by atoms with Crippen molar-refractivity contribution in [3.05, 3.63) is 65.5 Å². The van der Waals surface area contributed by atoms with E-state index < -0.39 is 10.0 Å². The van der Waals surface area contributed by atoms with Crippen molar-refractivity contribution in [2.75, 3.05) is 18.1 Å². The molecule has 4 rings (SSSR count). The molecule has 1 aromatic heterocycles. The van der Waals surface area contributed by atoms with Gasteiger partial charge in [0.1, 0.15) is 0 Å². The first kappa shape index (κ1) is 18.7. The quantitative estimate of drug-likeness (QED) is 0.733. The van der Waals surface area contributed by atoms with E-state index in [0.29, 0.717) is 19.5 Å². The zero-order valence-electron chi connectivity index (χ0n) is 16.3. The van der Waals surface area contributed by atoms with E-state index in [-0.39, 0.29) is 0 Å². The lowest BCUT2D eigenvalue weighted by atomic mass is 9.98. The van der Waals surface area contributed by atoms with E-state index in [1.165, 1.54) is 21.7 Å². The molecule has 0 radical (unpaired) electrons. The Morgan fingerprint density at radius 2 is 2.00 bits per heavy atom. The molecule has 7 heteroatoms. The summed E-state index contributed by atoms with van der Waals surface area (Å²) in [4.78, 5) is 0. The van der Waals surface area contributed by atoms with E-state index in [2.05, 4.69) is 41.6 Å². The molecule has 28 heavy (non-hydrogen) atoms. The number of aryl methyl sites for hydroxylation is 2. The van der Waals surface area contributed by atoms with Crippen LogP contribution in [0, 0.1) is 6.92 Å². The number of aromatic nitrogens is 2. The van der Waals surface area contributed by atoms with Crippen LogP contribution >= 0.6 is 0 Å². The van der Waals surface area contributed by atoms with Crippen LogP contribution in [-0.2, 0) is 30.0 Å². The fourth-order valence-electron chi connectivity index (χ4n) is 3.71. The van der Waals surface area contributed by atoms with Crippen molar-refractivity contribution in [1.82, 2.24) is 14.1 Å². The second-order valence-electron chi connectivity index (χ2n) is 7.35. The second-order valence-corrected chi connectivity index (χ2v) is 9.33. The standard InChI is InChI=1S/C21H24N4O2S/c1-15-7-8-18(11-20(15)17-12-22-24(2)13-17)23-21-6-4-5-16-14-25(28(3,26)27)10-9-19(16)21/h4-8,11-13,23H,9-10,14H2,1-3H3. The first-order valence-corrected chi connectivity index (χ1v) is 11.1. The summed E-state index contributed by atoms with van der Waals surface area (Å²) >= 11 is 0. The molecule has 0 fully saturated rings. The van der Waals surface area contributed by atoms with Crippen LogP contribution in [0.5, 0.6) is 0 Å². The summed E-state index contributed by atoms with van der Waals surface area (Å²) in [6.45, 7) is 3.04. The molecule has 6 nitrogen and oxygen atoms in total. The van der Waals surface area contributed by atoms with E-state index in [4.69, 9.17) is 0 Å². The second kappa shape index (κ2) is 7.07. The predicted octanol–water partition coefficient (Wildman–Crippen LogP) is 3.46. The third-order valence-electron chi connectivity index (χ3n) is 5.23. The number of rotatable bonds is 4. The maximum absolute atomic E-state index is 11.9. The lowest BCUT2D eigenvalue weighted by molar-refractivity contribution is 0.395. The molecule has 0 unspecified atom stereocenters. The number of benzene rings is 2. The van der Waals surface area contributed by atoms with Gasteiger partial charge in [-0.25, -0.2) is 8.42 Å². The summed E-state index contributed by atoms with van der Waals surface area (Å²) in [6, 6.07) is 12.3. The highest BCUT2D eigenvalue weighted by molar-refractivity contribution is 7.88. The number of hydrogen-bond donors (Lipinski definition) is 1. The van der Waals surface area contributed by atoms with Crippen molar-refractivity contribution in [3.63, 3.8) is 0 Å². The van der Waals surface area contributed by atoms with Gasteiger partial charge in [-0.15, -0.1) is 0 Å². The Kier molecular flexibility index (Phi) is 4.72. The van der Waals surface area contributed by atoms with Gasteiger partial charge in [0, 0.05) is 43.3 Å². The van der Waals surface area contributed by atoms with Crippen LogP contribution < -0.4 is 5.32 Å². The molecule has 1 aliphatic rings. The van der Waals surface area contributed by atoms with Crippen LogP contribution in [0.4, 0.5) is 11.4 Å².